The summed E-state index contributed by atoms with van der Waals surface area (Å²) >= 11 is 1.48. The molecule has 11 heavy (non-hydrogen) atoms. The van der Waals surface area contributed by atoms with Crippen LogP contribution in [0.2, 0.25) is 0 Å². The molecule has 1 aromatic heterocycles. The SMILES string of the molecule is CSc1cc(C(N)=O)ccn1. The molecule has 0 aromatic carbocycles. The average molecular weight is 168 g/mol. The van der Waals surface area contributed by atoms with Gasteiger partial charge in [-0.2, -0.15) is 0 Å². The third-order valence-electron chi connectivity index (χ3n) is 1.23. The molecule has 1 heterocycles. The second-order valence-corrected chi connectivity index (χ2v) is 2.78. The fourth-order valence-corrected chi connectivity index (χ4v) is 1.09. The van der Waals surface area contributed by atoms with E-state index in [1.54, 1.807) is 18.3 Å². The Balaban J connectivity index is 3.01. The molecule has 0 aliphatic carbocycles. The Morgan fingerprint density at radius 2 is 2.45 bits per heavy atom. The lowest BCUT2D eigenvalue weighted by atomic mass is 10.3. The second kappa shape index (κ2) is 3.39. The lowest BCUT2D eigenvalue weighted by molar-refractivity contribution is 0.1000. The topological polar surface area (TPSA) is 56.0 Å². The van der Waals surface area contributed by atoms with E-state index in [9.17, 15) is 4.79 Å². The highest BCUT2D eigenvalue weighted by Crippen LogP contribution is 2.11. The number of aromatic nitrogens is 1. The van der Waals surface area contributed by atoms with Crippen molar-refractivity contribution in [2.75, 3.05) is 6.26 Å². The smallest absolute Gasteiger partial charge is 0.248 e. The first-order valence-corrected chi connectivity index (χ1v) is 4.26. The number of nitrogens with two attached hydrogens (primary N) is 1. The molecule has 2 N–H and O–H groups in total. The molecule has 1 aromatic rings. The predicted octanol–water partition coefficient (Wildman–Crippen LogP) is 0.902. The number of rotatable bonds is 2. The highest BCUT2D eigenvalue weighted by Gasteiger charge is 2.00. The fraction of sp³-hybridized carbons (Fsp3) is 0.143. The van der Waals surface area contributed by atoms with E-state index in [2.05, 4.69) is 4.98 Å². The maximum Gasteiger partial charge on any atom is 0.248 e. The summed E-state index contributed by atoms with van der Waals surface area (Å²) in [6.45, 7) is 0. The highest BCUT2D eigenvalue weighted by molar-refractivity contribution is 7.98. The molecule has 0 atom stereocenters. The van der Waals surface area contributed by atoms with Crippen LogP contribution in [0.15, 0.2) is 23.4 Å². The van der Waals surface area contributed by atoms with E-state index in [1.807, 2.05) is 6.26 Å². The van der Waals surface area contributed by atoms with Crippen LogP contribution in [0.4, 0.5) is 0 Å². The van der Waals surface area contributed by atoms with Crippen molar-refractivity contribution < 1.29 is 4.79 Å². The summed E-state index contributed by atoms with van der Waals surface area (Å²) in [6.07, 6.45) is 3.47. The van der Waals surface area contributed by atoms with Crippen molar-refractivity contribution >= 4 is 17.7 Å². The van der Waals surface area contributed by atoms with Crippen molar-refractivity contribution in [2.24, 2.45) is 5.73 Å². The van der Waals surface area contributed by atoms with E-state index in [4.69, 9.17) is 5.73 Å². The number of thioether (sulfide) groups is 1. The number of hydrogen-bond acceptors (Lipinski definition) is 3. The minimum atomic E-state index is -0.414. The summed E-state index contributed by atoms with van der Waals surface area (Å²) < 4.78 is 0. The highest BCUT2D eigenvalue weighted by atomic mass is 32.2. The molecular formula is C7H8N2OS. The van der Waals surface area contributed by atoms with E-state index >= 15 is 0 Å². The molecule has 1 rings (SSSR count). The van der Waals surface area contributed by atoms with Gasteiger partial charge in [0.25, 0.3) is 0 Å². The second-order valence-electron chi connectivity index (χ2n) is 1.95. The van der Waals surface area contributed by atoms with E-state index in [-0.39, 0.29) is 0 Å². The number of carbonyl (C=O) groups excluding carboxylic acids is 1. The van der Waals surface area contributed by atoms with E-state index in [0.717, 1.165) is 5.03 Å². The Labute approximate surface area is 69.0 Å². The Bertz CT molecular complexity index is 275. The van der Waals surface area contributed by atoms with E-state index < -0.39 is 5.91 Å². The maximum absolute atomic E-state index is 10.7. The molecule has 1 amide bonds. The van der Waals surface area contributed by atoms with Crippen LogP contribution in [0.3, 0.4) is 0 Å². The quantitative estimate of drug-likeness (QED) is 0.667. The Hall–Kier alpha value is -1.03. The molecule has 4 heteroatoms. The van der Waals surface area contributed by atoms with Crippen LogP contribution in [0, 0.1) is 0 Å². The molecule has 0 saturated carbocycles. The van der Waals surface area contributed by atoms with Gasteiger partial charge in [-0.05, 0) is 18.4 Å². The first-order chi connectivity index (χ1) is 5.24. The number of pyridine rings is 1. The Kier molecular flexibility index (Phi) is 2.48. The van der Waals surface area contributed by atoms with Crippen LogP contribution >= 0.6 is 11.8 Å². The third-order valence-corrected chi connectivity index (χ3v) is 1.87. The van der Waals surface area contributed by atoms with E-state index in [0.29, 0.717) is 5.56 Å². The van der Waals surface area contributed by atoms with Gasteiger partial charge in [0, 0.05) is 11.8 Å². The number of amides is 1. The van der Waals surface area contributed by atoms with Crippen molar-refractivity contribution in [3.63, 3.8) is 0 Å². The molecular weight excluding hydrogens is 160 g/mol. The minimum absolute atomic E-state index is 0.414. The molecule has 0 aliphatic rings. The fourth-order valence-electron chi connectivity index (χ4n) is 0.674. The van der Waals surface area contributed by atoms with E-state index in [1.165, 1.54) is 11.8 Å². The monoisotopic (exact) mass is 168 g/mol. The Morgan fingerprint density at radius 3 is 3.00 bits per heavy atom. The van der Waals surface area contributed by atoms with Gasteiger partial charge < -0.3 is 5.73 Å². The zero-order valence-corrected chi connectivity index (χ0v) is 6.89. The molecule has 0 fully saturated rings. The summed E-state index contributed by atoms with van der Waals surface area (Å²) in [7, 11) is 0. The standard InChI is InChI=1S/C7H8N2OS/c1-11-6-4-5(7(8)10)2-3-9-6/h2-4H,1H3,(H2,8,10). The van der Waals surface area contributed by atoms with Crippen molar-refractivity contribution in [2.45, 2.75) is 5.03 Å². The lowest BCUT2D eigenvalue weighted by Crippen LogP contribution is -2.10. The van der Waals surface area contributed by atoms with Gasteiger partial charge in [-0.3, -0.25) is 4.79 Å². The van der Waals surface area contributed by atoms with Gasteiger partial charge in [0.15, 0.2) is 0 Å². The number of hydrogen-bond donors (Lipinski definition) is 1. The number of nitrogens with zero attached hydrogens (tertiary/aromatic N) is 1. The van der Waals surface area contributed by atoms with Crippen molar-refractivity contribution in [1.29, 1.82) is 0 Å². The Morgan fingerprint density at radius 1 is 1.73 bits per heavy atom. The summed E-state index contributed by atoms with van der Waals surface area (Å²) in [4.78, 5) is 14.6. The summed E-state index contributed by atoms with van der Waals surface area (Å²) in [5.41, 5.74) is 5.57. The first-order valence-electron chi connectivity index (χ1n) is 3.04. The van der Waals surface area contributed by atoms with Crippen molar-refractivity contribution in [1.82, 2.24) is 4.98 Å². The normalized spacial score (nSPS) is 9.55. The maximum atomic E-state index is 10.7. The van der Waals surface area contributed by atoms with Crippen LogP contribution < -0.4 is 5.73 Å². The van der Waals surface area contributed by atoms with Gasteiger partial charge in [-0.25, -0.2) is 4.98 Å². The number of primary amides is 1. The summed E-state index contributed by atoms with van der Waals surface area (Å²) in [6, 6.07) is 3.27. The van der Waals surface area contributed by atoms with Crippen molar-refractivity contribution in [3.05, 3.63) is 23.9 Å². The molecule has 0 radical (unpaired) electrons. The predicted molar refractivity (Wildman–Crippen MR) is 44.5 cm³/mol. The minimum Gasteiger partial charge on any atom is -0.366 e. The van der Waals surface area contributed by atoms with Crippen LogP contribution in [-0.4, -0.2) is 17.1 Å². The largest absolute Gasteiger partial charge is 0.366 e. The average Bonchev–Trinajstić information content (AvgIpc) is 2.05. The molecule has 58 valence electrons. The lowest BCUT2D eigenvalue weighted by Gasteiger charge is -1.96. The van der Waals surface area contributed by atoms with Gasteiger partial charge in [-0.1, -0.05) is 0 Å². The first kappa shape index (κ1) is 8.07. The zero-order chi connectivity index (χ0) is 8.27. The summed E-state index contributed by atoms with van der Waals surface area (Å²) in [5, 5.41) is 0.807. The third kappa shape index (κ3) is 1.94. The molecule has 0 spiro atoms. The van der Waals surface area contributed by atoms with Crippen LogP contribution in [0.25, 0.3) is 0 Å². The summed E-state index contributed by atoms with van der Waals surface area (Å²) in [5.74, 6) is -0.414. The van der Waals surface area contributed by atoms with Crippen LogP contribution in [0.5, 0.6) is 0 Å². The molecule has 0 aliphatic heterocycles. The zero-order valence-electron chi connectivity index (χ0n) is 6.07. The van der Waals surface area contributed by atoms with Gasteiger partial charge in [0.05, 0.1) is 5.03 Å². The van der Waals surface area contributed by atoms with Crippen molar-refractivity contribution in [3.8, 4) is 0 Å². The molecule has 0 unspecified atom stereocenters. The number of carbonyl (C=O) groups is 1. The van der Waals surface area contributed by atoms with Gasteiger partial charge in [0.2, 0.25) is 5.91 Å². The van der Waals surface area contributed by atoms with Gasteiger partial charge >= 0.3 is 0 Å². The van der Waals surface area contributed by atoms with Gasteiger partial charge in [-0.15, -0.1) is 11.8 Å². The molecule has 3 nitrogen and oxygen atoms in total. The van der Waals surface area contributed by atoms with Crippen LogP contribution in [-0.2, 0) is 0 Å². The van der Waals surface area contributed by atoms with Gasteiger partial charge in [0.1, 0.15) is 0 Å². The molecule has 0 saturated heterocycles. The molecule has 0 bridgehead atoms. The van der Waals surface area contributed by atoms with Crippen LogP contribution in [0.1, 0.15) is 10.4 Å².